The molecule has 0 spiro atoms. The van der Waals surface area contributed by atoms with Crippen LogP contribution in [0.15, 0.2) is 41.8 Å². The highest BCUT2D eigenvalue weighted by Gasteiger charge is 2.21. The molecule has 0 aliphatic carbocycles. The first-order chi connectivity index (χ1) is 11.1. The number of hydrogen-bond donors (Lipinski definition) is 2. The van der Waals surface area contributed by atoms with Gasteiger partial charge in [-0.15, -0.1) is 11.3 Å². The summed E-state index contributed by atoms with van der Waals surface area (Å²) in [5.74, 6) is 0.00625. The number of carbonyl (C=O) groups excluding carboxylic acids is 1. The summed E-state index contributed by atoms with van der Waals surface area (Å²) in [6.07, 6.45) is 0. The molecule has 3 aromatic rings. The zero-order valence-electron chi connectivity index (χ0n) is 12.1. The van der Waals surface area contributed by atoms with Crippen molar-refractivity contribution in [1.29, 1.82) is 0 Å². The van der Waals surface area contributed by atoms with Gasteiger partial charge in [0, 0.05) is 5.69 Å². The first-order valence-corrected chi connectivity index (χ1v) is 8.12. The molecule has 3 rings (SSSR count). The van der Waals surface area contributed by atoms with E-state index in [-0.39, 0.29) is 11.7 Å². The van der Waals surface area contributed by atoms with Crippen molar-refractivity contribution in [2.75, 3.05) is 5.32 Å². The summed E-state index contributed by atoms with van der Waals surface area (Å²) < 4.78 is 15.0. The quantitative estimate of drug-likeness (QED) is 0.700. The van der Waals surface area contributed by atoms with E-state index in [1.807, 2.05) is 17.5 Å². The summed E-state index contributed by atoms with van der Waals surface area (Å²) in [6.45, 7) is 1.74. The van der Waals surface area contributed by atoms with Crippen molar-refractivity contribution in [3.8, 4) is 10.7 Å². The SMILES string of the molecule is C[C@@H](C(=O)Nc1ccc(F)cc1)n1c(-c2cccs2)n[nH]c1=S. The predicted octanol–water partition coefficient (Wildman–Crippen LogP) is 4.01. The molecule has 0 aliphatic rings. The van der Waals surface area contributed by atoms with E-state index in [1.165, 1.54) is 35.6 Å². The fourth-order valence-corrected chi connectivity index (χ4v) is 3.14. The summed E-state index contributed by atoms with van der Waals surface area (Å²) >= 11 is 6.76. The summed E-state index contributed by atoms with van der Waals surface area (Å²) in [7, 11) is 0. The molecule has 8 heteroatoms. The Labute approximate surface area is 140 Å². The maximum Gasteiger partial charge on any atom is 0.247 e. The lowest BCUT2D eigenvalue weighted by molar-refractivity contribution is -0.118. The van der Waals surface area contributed by atoms with Crippen LogP contribution in [0, 0.1) is 10.6 Å². The van der Waals surface area contributed by atoms with Crippen LogP contribution in [0.2, 0.25) is 0 Å². The fourth-order valence-electron chi connectivity index (χ4n) is 2.14. The van der Waals surface area contributed by atoms with Gasteiger partial charge >= 0.3 is 0 Å². The van der Waals surface area contributed by atoms with E-state index in [1.54, 1.807) is 11.5 Å². The second kappa shape index (κ2) is 6.43. The number of aromatic amines is 1. The van der Waals surface area contributed by atoms with Crippen LogP contribution in [0.5, 0.6) is 0 Å². The number of rotatable bonds is 4. The van der Waals surface area contributed by atoms with Crippen molar-refractivity contribution in [3.63, 3.8) is 0 Å². The Balaban J connectivity index is 1.87. The van der Waals surface area contributed by atoms with E-state index >= 15 is 0 Å². The third kappa shape index (κ3) is 3.22. The number of halogens is 1. The molecule has 0 saturated carbocycles. The molecule has 118 valence electrons. The third-order valence-electron chi connectivity index (χ3n) is 3.32. The lowest BCUT2D eigenvalue weighted by atomic mass is 10.2. The van der Waals surface area contributed by atoms with Crippen LogP contribution in [-0.2, 0) is 4.79 Å². The Morgan fingerprint density at radius 3 is 2.78 bits per heavy atom. The summed E-state index contributed by atoms with van der Waals surface area (Å²) in [4.78, 5) is 13.4. The summed E-state index contributed by atoms with van der Waals surface area (Å²) in [5, 5.41) is 11.6. The highest BCUT2D eigenvalue weighted by atomic mass is 32.1. The number of H-pyrrole nitrogens is 1. The highest BCUT2D eigenvalue weighted by molar-refractivity contribution is 7.71. The first kappa shape index (κ1) is 15.6. The van der Waals surface area contributed by atoms with Gasteiger partial charge < -0.3 is 5.32 Å². The second-order valence-electron chi connectivity index (χ2n) is 4.87. The lowest BCUT2D eigenvalue weighted by Gasteiger charge is -2.15. The van der Waals surface area contributed by atoms with Gasteiger partial charge in [0.05, 0.1) is 4.88 Å². The van der Waals surface area contributed by atoms with E-state index in [9.17, 15) is 9.18 Å². The molecule has 1 atom stereocenters. The van der Waals surface area contributed by atoms with Gasteiger partial charge in [0.2, 0.25) is 5.91 Å². The van der Waals surface area contributed by atoms with E-state index in [4.69, 9.17) is 12.2 Å². The van der Waals surface area contributed by atoms with Crippen LogP contribution in [0.4, 0.5) is 10.1 Å². The molecule has 5 nitrogen and oxygen atoms in total. The zero-order chi connectivity index (χ0) is 16.4. The van der Waals surface area contributed by atoms with Gasteiger partial charge in [-0.25, -0.2) is 4.39 Å². The minimum atomic E-state index is -0.566. The van der Waals surface area contributed by atoms with Crippen LogP contribution in [0.1, 0.15) is 13.0 Å². The van der Waals surface area contributed by atoms with Crippen molar-refractivity contribution >= 4 is 35.1 Å². The number of amides is 1. The van der Waals surface area contributed by atoms with Gasteiger partial charge in [0.25, 0.3) is 0 Å². The molecule has 0 radical (unpaired) electrons. The molecule has 1 amide bonds. The lowest BCUT2D eigenvalue weighted by Crippen LogP contribution is -2.24. The van der Waals surface area contributed by atoms with E-state index in [2.05, 4.69) is 15.5 Å². The molecular weight excluding hydrogens is 335 g/mol. The Morgan fingerprint density at radius 1 is 1.39 bits per heavy atom. The number of carbonyl (C=O) groups is 1. The zero-order valence-corrected chi connectivity index (χ0v) is 13.7. The number of hydrogen-bond acceptors (Lipinski definition) is 4. The van der Waals surface area contributed by atoms with E-state index in [0.717, 1.165) is 4.88 Å². The van der Waals surface area contributed by atoms with Crippen LogP contribution >= 0.6 is 23.6 Å². The second-order valence-corrected chi connectivity index (χ2v) is 6.21. The topological polar surface area (TPSA) is 62.7 Å². The smallest absolute Gasteiger partial charge is 0.247 e. The molecule has 2 heterocycles. The predicted molar refractivity (Wildman–Crippen MR) is 90.5 cm³/mol. The Morgan fingerprint density at radius 2 is 2.13 bits per heavy atom. The summed E-state index contributed by atoms with van der Waals surface area (Å²) in [6, 6.07) is 8.86. The maximum absolute atomic E-state index is 12.9. The van der Waals surface area contributed by atoms with Crippen molar-refractivity contribution < 1.29 is 9.18 Å². The molecular formula is C15H13FN4OS2. The number of aromatic nitrogens is 3. The highest BCUT2D eigenvalue weighted by Crippen LogP contribution is 2.26. The van der Waals surface area contributed by atoms with Gasteiger partial charge in [-0.2, -0.15) is 5.10 Å². The van der Waals surface area contributed by atoms with Gasteiger partial charge in [-0.3, -0.25) is 14.5 Å². The molecule has 0 unspecified atom stereocenters. The molecule has 0 bridgehead atoms. The number of thiophene rings is 1. The van der Waals surface area contributed by atoms with E-state index in [0.29, 0.717) is 16.3 Å². The number of nitrogens with one attached hydrogen (secondary N) is 2. The minimum Gasteiger partial charge on any atom is -0.324 e. The van der Waals surface area contributed by atoms with Crippen LogP contribution in [0.3, 0.4) is 0 Å². The van der Waals surface area contributed by atoms with Gasteiger partial charge in [-0.05, 0) is 54.9 Å². The standard InChI is InChI=1S/C15H13FN4OS2/c1-9(14(21)17-11-6-4-10(16)5-7-11)20-13(18-19-15(20)22)12-3-2-8-23-12/h2-9H,1H3,(H,17,21)(H,19,22)/t9-/m0/s1. The molecule has 1 aromatic carbocycles. The molecule has 0 aliphatic heterocycles. The molecule has 23 heavy (non-hydrogen) atoms. The monoisotopic (exact) mass is 348 g/mol. The van der Waals surface area contributed by atoms with Gasteiger partial charge in [0.1, 0.15) is 11.9 Å². The van der Waals surface area contributed by atoms with Gasteiger partial charge in [0.15, 0.2) is 10.6 Å². The largest absolute Gasteiger partial charge is 0.324 e. The van der Waals surface area contributed by atoms with Crippen molar-refractivity contribution in [3.05, 3.63) is 52.4 Å². The maximum atomic E-state index is 12.9. The van der Waals surface area contributed by atoms with Crippen molar-refractivity contribution in [2.45, 2.75) is 13.0 Å². The minimum absolute atomic E-state index is 0.257. The number of anilines is 1. The van der Waals surface area contributed by atoms with Crippen molar-refractivity contribution in [2.24, 2.45) is 0 Å². The third-order valence-corrected chi connectivity index (χ3v) is 4.48. The normalized spacial score (nSPS) is 12.1. The average molecular weight is 348 g/mol. The molecule has 2 N–H and O–H groups in total. The average Bonchev–Trinajstić information content (AvgIpc) is 3.18. The van der Waals surface area contributed by atoms with Crippen LogP contribution < -0.4 is 5.32 Å². The number of benzene rings is 1. The number of nitrogens with zero attached hydrogens (tertiary/aromatic N) is 2. The molecule has 2 aromatic heterocycles. The Bertz CT molecular complexity index is 868. The Hall–Kier alpha value is -2.32. The van der Waals surface area contributed by atoms with Crippen LogP contribution in [0.25, 0.3) is 10.7 Å². The van der Waals surface area contributed by atoms with Crippen molar-refractivity contribution in [1.82, 2.24) is 14.8 Å². The van der Waals surface area contributed by atoms with Gasteiger partial charge in [-0.1, -0.05) is 6.07 Å². The molecule has 0 saturated heterocycles. The van der Waals surface area contributed by atoms with E-state index < -0.39 is 6.04 Å². The summed E-state index contributed by atoms with van der Waals surface area (Å²) in [5.41, 5.74) is 0.524. The van der Waals surface area contributed by atoms with Crippen LogP contribution in [-0.4, -0.2) is 20.7 Å². The molecule has 0 fully saturated rings. The first-order valence-electron chi connectivity index (χ1n) is 6.83. The Kier molecular flexibility index (Phi) is 4.35. The fraction of sp³-hybridized carbons (Fsp3) is 0.133.